The van der Waals surface area contributed by atoms with Crippen molar-refractivity contribution in [1.82, 2.24) is 0 Å². The third-order valence-corrected chi connectivity index (χ3v) is 3.43. The molecule has 0 radical (unpaired) electrons. The smallest absolute Gasteiger partial charge is 0.416 e. The maximum absolute atomic E-state index is 12.6. The summed E-state index contributed by atoms with van der Waals surface area (Å²) in [5, 5.41) is 17.9. The lowest BCUT2D eigenvalue weighted by molar-refractivity contribution is -0.137. The monoisotopic (exact) mass is 358 g/mol. The molecule has 0 aromatic heterocycles. The number of nitrogens with zero attached hydrogens (tertiary/aromatic N) is 2. The van der Waals surface area contributed by atoms with E-state index in [0.717, 1.165) is 12.1 Å². The Morgan fingerprint density at radius 2 is 1.77 bits per heavy atom. The van der Waals surface area contributed by atoms with Gasteiger partial charge in [-0.1, -0.05) is 18.2 Å². The molecule has 0 saturated carbocycles. The van der Waals surface area contributed by atoms with E-state index in [1.807, 2.05) is 12.1 Å². The minimum Gasteiger partial charge on any atom is -0.493 e. The van der Waals surface area contributed by atoms with Gasteiger partial charge < -0.3 is 9.47 Å². The molecule has 0 amide bonds. The van der Waals surface area contributed by atoms with Gasteiger partial charge in [-0.05, 0) is 41.5 Å². The predicted octanol–water partition coefficient (Wildman–Crippen LogP) is 4.68. The molecule has 0 saturated heterocycles. The Labute approximate surface area is 148 Å². The molecule has 0 N–H and O–H groups in total. The lowest BCUT2D eigenvalue weighted by atomic mass is 10.0. The molecule has 2 aromatic carbocycles. The second-order valence-corrected chi connectivity index (χ2v) is 5.10. The lowest BCUT2D eigenvalue weighted by Crippen LogP contribution is -2.04. The number of methoxy groups -OCH3 is 1. The zero-order valence-electron chi connectivity index (χ0n) is 13.7. The van der Waals surface area contributed by atoms with Crippen molar-refractivity contribution in [3.63, 3.8) is 0 Å². The summed E-state index contributed by atoms with van der Waals surface area (Å²) in [4.78, 5) is 0. The maximum atomic E-state index is 12.6. The Morgan fingerprint density at radius 3 is 2.31 bits per heavy atom. The summed E-state index contributed by atoms with van der Waals surface area (Å²) in [6.07, 6.45) is -2.90. The molecule has 0 spiro atoms. The first kappa shape index (κ1) is 18.9. The Bertz CT molecular complexity index is 889. The molecule has 0 heterocycles. The van der Waals surface area contributed by atoms with E-state index in [1.165, 1.54) is 25.3 Å². The third kappa shape index (κ3) is 4.55. The fourth-order valence-electron chi connectivity index (χ4n) is 2.19. The summed E-state index contributed by atoms with van der Waals surface area (Å²) >= 11 is 0. The Hall–Kier alpha value is -3.45. The topological polar surface area (TPSA) is 66.0 Å². The number of nitriles is 2. The normalized spacial score (nSPS) is 11.4. The van der Waals surface area contributed by atoms with Crippen molar-refractivity contribution in [3.8, 4) is 23.6 Å². The Morgan fingerprint density at radius 1 is 1.08 bits per heavy atom. The molecule has 0 aliphatic rings. The highest BCUT2D eigenvalue weighted by atomic mass is 19.4. The quantitative estimate of drug-likeness (QED) is 0.575. The van der Waals surface area contributed by atoms with Gasteiger partial charge in [-0.15, -0.1) is 0 Å². The van der Waals surface area contributed by atoms with E-state index in [1.54, 1.807) is 18.2 Å². The number of halogens is 3. The summed E-state index contributed by atoms with van der Waals surface area (Å²) in [6.45, 7) is -0.138. The van der Waals surface area contributed by atoms with E-state index in [9.17, 15) is 18.4 Å². The minimum absolute atomic E-state index is 0.138. The highest BCUT2D eigenvalue weighted by molar-refractivity contribution is 5.89. The van der Waals surface area contributed by atoms with Gasteiger partial charge in [0, 0.05) is 0 Å². The van der Waals surface area contributed by atoms with Crippen molar-refractivity contribution in [3.05, 3.63) is 59.2 Å². The molecule has 2 rings (SSSR count). The van der Waals surface area contributed by atoms with Crippen LogP contribution in [0.2, 0.25) is 0 Å². The number of hydrogen-bond acceptors (Lipinski definition) is 4. The number of alkyl halides is 3. The van der Waals surface area contributed by atoms with Gasteiger partial charge in [-0.2, -0.15) is 23.7 Å². The molecule has 2 aromatic rings. The van der Waals surface area contributed by atoms with Crippen molar-refractivity contribution in [1.29, 1.82) is 10.5 Å². The van der Waals surface area contributed by atoms with E-state index >= 15 is 0 Å². The average molecular weight is 358 g/mol. The highest BCUT2D eigenvalue weighted by Crippen LogP contribution is 2.32. The van der Waals surface area contributed by atoms with Gasteiger partial charge in [0.25, 0.3) is 0 Å². The van der Waals surface area contributed by atoms with Gasteiger partial charge in [0.1, 0.15) is 6.07 Å². The van der Waals surface area contributed by atoms with E-state index < -0.39 is 11.7 Å². The van der Waals surface area contributed by atoms with Crippen molar-refractivity contribution in [2.24, 2.45) is 0 Å². The molecule has 0 unspecified atom stereocenters. The van der Waals surface area contributed by atoms with Crippen LogP contribution in [0.15, 0.2) is 42.5 Å². The number of rotatable bonds is 5. The summed E-state index contributed by atoms with van der Waals surface area (Å²) in [5.41, 5.74) is 0.387. The molecule has 7 heteroatoms. The molecule has 132 valence electrons. The van der Waals surface area contributed by atoms with E-state index in [4.69, 9.17) is 14.7 Å². The molecule has 0 aliphatic heterocycles. The number of ether oxygens (including phenoxy) is 2. The average Bonchev–Trinajstić information content (AvgIpc) is 2.64. The Balaban J connectivity index is 2.34. The van der Waals surface area contributed by atoms with Gasteiger partial charge in [-0.25, -0.2) is 0 Å². The standard InChI is InChI=1S/C19H13F3N2O2/c1-25-18-11-13(2-7-17(18)26-9-8-23)10-15(12-24)14-3-5-16(6-4-14)19(20,21)22/h2-7,10-11H,9H2,1H3/b15-10-. The summed E-state index contributed by atoms with van der Waals surface area (Å²) in [6, 6.07) is 13.0. The van der Waals surface area contributed by atoms with Gasteiger partial charge in [0.2, 0.25) is 0 Å². The summed E-state index contributed by atoms with van der Waals surface area (Å²) in [5.74, 6) is 0.748. The van der Waals surface area contributed by atoms with Crippen molar-refractivity contribution in [2.45, 2.75) is 6.18 Å². The Kier molecular flexibility index (Phi) is 5.87. The first-order chi connectivity index (χ1) is 12.4. The number of allylic oxidation sites excluding steroid dienone is 1. The van der Waals surface area contributed by atoms with Crippen LogP contribution in [0.1, 0.15) is 16.7 Å². The fraction of sp³-hybridized carbons (Fsp3) is 0.158. The third-order valence-electron chi connectivity index (χ3n) is 3.43. The molecule has 0 bridgehead atoms. The second kappa shape index (κ2) is 8.09. The molecule has 26 heavy (non-hydrogen) atoms. The van der Waals surface area contributed by atoms with Gasteiger partial charge >= 0.3 is 6.18 Å². The lowest BCUT2D eigenvalue weighted by Gasteiger charge is -2.09. The zero-order valence-corrected chi connectivity index (χ0v) is 13.7. The molecule has 0 fully saturated rings. The first-order valence-corrected chi connectivity index (χ1v) is 7.36. The largest absolute Gasteiger partial charge is 0.493 e. The van der Waals surface area contributed by atoms with Crippen LogP contribution in [0, 0.1) is 22.7 Å². The fourth-order valence-corrected chi connectivity index (χ4v) is 2.19. The predicted molar refractivity (Wildman–Crippen MR) is 89.0 cm³/mol. The summed E-state index contributed by atoms with van der Waals surface area (Å²) in [7, 11) is 1.43. The molecule has 4 nitrogen and oxygen atoms in total. The van der Waals surface area contributed by atoms with Gasteiger partial charge in [0.05, 0.1) is 24.3 Å². The van der Waals surface area contributed by atoms with E-state index in [2.05, 4.69) is 0 Å². The van der Waals surface area contributed by atoms with Crippen LogP contribution in [0.3, 0.4) is 0 Å². The molecular formula is C19H13F3N2O2. The maximum Gasteiger partial charge on any atom is 0.416 e. The van der Waals surface area contributed by atoms with Crippen molar-refractivity contribution >= 4 is 11.6 Å². The van der Waals surface area contributed by atoms with E-state index in [-0.39, 0.29) is 12.2 Å². The molecule has 0 aliphatic carbocycles. The van der Waals surface area contributed by atoms with Crippen LogP contribution < -0.4 is 9.47 Å². The highest BCUT2D eigenvalue weighted by Gasteiger charge is 2.30. The van der Waals surface area contributed by atoms with E-state index in [0.29, 0.717) is 22.6 Å². The summed E-state index contributed by atoms with van der Waals surface area (Å²) < 4.78 is 48.3. The first-order valence-electron chi connectivity index (χ1n) is 7.36. The van der Waals surface area contributed by atoms with Crippen LogP contribution in [-0.2, 0) is 6.18 Å². The SMILES string of the molecule is COc1cc(/C=C(/C#N)c2ccc(C(F)(F)F)cc2)ccc1OCC#N. The van der Waals surface area contributed by atoms with Gasteiger partial charge in [0.15, 0.2) is 18.1 Å². The van der Waals surface area contributed by atoms with Gasteiger partial charge in [-0.3, -0.25) is 0 Å². The number of hydrogen-bond donors (Lipinski definition) is 0. The van der Waals surface area contributed by atoms with Crippen LogP contribution in [-0.4, -0.2) is 13.7 Å². The zero-order chi connectivity index (χ0) is 19.2. The van der Waals surface area contributed by atoms with Crippen LogP contribution >= 0.6 is 0 Å². The van der Waals surface area contributed by atoms with Crippen LogP contribution in [0.4, 0.5) is 13.2 Å². The number of benzene rings is 2. The minimum atomic E-state index is -4.43. The van der Waals surface area contributed by atoms with Crippen molar-refractivity contribution < 1.29 is 22.6 Å². The van der Waals surface area contributed by atoms with Crippen LogP contribution in [0.25, 0.3) is 11.6 Å². The van der Waals surface area contributed by atoms with Crippen molar-refractivity contribution in [2.75, 3.05) is 13.7 Å². The molecular weight excluding hydrogens is 345 g/mol. The van der Waals surface area contributed by atoms with Crippen LogP contribution in [0.5, 0.6) is 11.5 Å². The second-order valence-electron chi connectivity index (χ2n) is 5.10. The molecule has 0 atom stereocenters.